The minimum Gasteiger partial charge on any atom is -0.480 e. The predicted molar refractivity (Wildman–Crippen MR) is 127 cm³/mol. The molecule has 3 aromatic carbocycles. The average molecular weight is 428 g/mol. The van der Waals surface area contributed by atoms with Crippen LogP contribution in [0.2, 0.25) is 0 Å². The number of nitrogen functional groups attached to an aromatic ring is 1. The predicted octanol–water partition coefficient (Wildman–Crippen LogP) is 4.01. The molecule has 1 heterocycles. The van der Waals surface area contributed by atoms with Gasteiger partial charge >= 0.3 is 5.97 Å². The van der Waals surface area contributed by atoms with Gasteiger partial charge in [0.1, 0.15) is 11.9 Å². The van der Waals surface area contributed by atoms with Crippen molar-refractivity contribution in [1.29, 1.82) is 0 Å². The quantitative estimate of drug-likeness (QED) is 0.351. The number of nitrogens with one attached hydrogen (secondary N) is 1. The van der Waals surface area contributed by atoms with Crippen molar-refractivity contribution in [2.45, 2.75) is 25.4 Å². The number of hydrogen-bond acceptors (Lipinski definition) is 6. The Morgan fingerprint density at radius 1 is 1.00 bits per heavy atom. The van der Waals surface area contributed by atoms with Gasteiger partial charge in [0.15, 0.2) is 0 Å². The van der Waals surface area contributed by atoms with Crippen LogP contribution in [0.15, 0.2) is 72.8 Å². The summed E-state index contributed by atoms with van der Waals surface area (Å²) in [7, 11) is 0. The van der Waals surface area contributed by atoms with Gasteiger partial charge in [0.05, 0.1) is 5.69 Å². The van der Waals surface area contributed by atoms with Gasteiger partial charge in [-0.2, -0.15) is 4.98 Å². The molecule has 1 aromatic heterocycles. The molecular formula is C25H25N5O2. The highest BCUT2D eigenvalue weighted by atomic mass is 16.4. The van der Waals surface area contributed by atoms with Crippen LogP contribution in [0.1, 0.15) is 24.1 Å². The van der Waals surface area contributed by atoms with E-state index >= 15 is 0 Å². The van der Waals surface area contributed by atoms with E-state index in [0.717, 1.165) is 16.7 Å². The Labute approximate surface area is 186 Å². The lowest BCUT2D eigenvalue weighted by Crippen LogP contribution is -2.32. The molecule has 2 atom stereocenters. The van der Waals surface area contributed by atoms with Crippen molar-refractivity contribution in [3.8, 4) is 11.3 Å². The van der Waals surface area contributed by atoms with Crippen molar-refractivity contribution < 1.29 is 9.90 Å². The highest BCUT2D eigenvalue weighted by Crippen LogP contribution is 2.26. The molecule has 162 valence electrons. The number of aliphatic carboxylic acids is 1. The smallest absolute Gasteiger partial charge is 0.320 e. The van der Waals surface area contributed by atoms with Gasteiger partial charge in [0.25, 0.3) is 0 Å². The number of anilines is 2. The minimum absolute atomic E-state index is 0.0154. The number of carbonyl (C=O) groups is 1. The Morgan fingerprint density at radius 3 is 2.44 bits per heavy atom. The van der Waals surface area contributed by atoms with Crippen LogP contribution in [0.25, 0.3) is 22.0 Å². The number of benzene rings is 3. The molecule has 32 heavy (non-hydrogen) atoms. The van der Waals surface area contributed by atoms with Gasteiger partial charge in [0.2, 0.25) is 5.95 Å². The molecule has 1 unspecified atom stereocenters. The highest BCUT2D eigenvalue weighted by Gasteiger charge is 2.13. The fourth-order valence-electron chi connectivity index (χ4n) is 3.62. The number of carboxylic acids is 1. The number of fused-ring (bicyclic) bond motifs is 1. The van der Waals surface area contributed by atoms with Gasteiger partial charge in [-0.1, -0.05) is 60.7 Å². The molecule has 0 aliphatic heterocycles. The number of carboxylic acid groups (broad SMARTS) is 1. The zero-order valence-corrected chi connectivity index (χ0v) is 17.7. The maximum Gasteiger partial charge on any atom is 0.320 e. The second-order valence-corrected chi connectivity index (χ2v) is 7.82. The summed E-state index contributed by atoms with van der Waals surface area (Å²) in [5, 5.41) is 14.8. The second-order valence-electron chi connectivity index (χ2n) is 7.82. The third kappa shape index (κ3) is 4.84. The lowest BCUT2D eigenvalue weighted by molar-refractivity contribution is -0.138. The van der Waals surface area contributed by atoms with Crippen molar-refractivity contribution in [1.82, 2.24) is 9.97 Å². The zero-order valence-electron chi connectivity index (χ0n) is 17.7. The van der Waals surface area contributed by atoms with Gasteiger partial charge in [-0.3, -0.25) is 4.79 Å². The molecular weight excluding hydrogens is 402 g/mol. The normalized spacial score (nSPS) is 12.9. The van der Waals surface area contributed by atoms with Crippen LogP contribution in [0.5, 0.6) is 0 Å². The Bertz CT molecular complexity index is 1260. The van der Waals surface area contributed by atoms with Crippen LogP contribution in [-0.2, 0) is 11.2 Å². The number of aromatic nitrogens is 2. The SMILES string of the molecule is C[C@@H](Nc1cc(-c2ccc(CC(N)C(=O)O)cc2)nc(N)n1)c1ccc2ccccc2c1. The summed E-state index contributed by atoms with van der Waals surface area (Å²) in [5.74, 6) is -0.216. The number of nitrogens with two attached hydrogens (primary N) is 2. The van der Waals surface area contributed by atoms with E-state index < -0.39 is 12.0 Å². The third-order valence-electron chi connectivity index (χ3n) is 5.40. The van der Waals surface area contributed by atoms with E-state index in [-0.39, 0.29) is 18.4 Å². The number of hydrogen-bond donors (Lipinski definition) is 4. The van der Waals surface area contributed by atoms with E-state index in [1.165, 1.54) is 10.8 Å². The fraction of sp³-hybridized carbons (Fsp3) is 0.160. The van der Waals surface area contributed by atoms with E-state index in [4.69, 9.17) is 16.6 Å². The van der Waals surface area contributed by atoms with E-state index in [1.807, 2.05) is 42.5 Å². The van der Waals surface area contributed by atoms with Crippen LogP contribution < -0.4 is 16.8 Å². The van der Waals surface area contributed by atoms with Gasteiger partial charge < -0.3 is 21.9 Å². The van der Waals surface area contributed by atoms with Crippen molar-refractivity contribution in [2.75, 3.05) is 11.1 Å². The maximum atomic E-state index is 11.0. The van der Waals surface area contributed by atoms with Gasteiger partial charge in [-0.05, 0) is 41.3 Å². The van der Waals surface area contributed by atoms with Crippen molar-refractivity contribution >= 4 is 28.5 Å². The first-order valence-electron chi connectivity index (χ1n) is 10.4. The summed E-state index contributed by atoms with van der Waals surface area (Å²) in [6, 6.07) is 23.0. The third-order valence-corrected chi connectivity index (χ3v) is 5.40. The molecule has 7 nitrogen and oxygen atoms in total. The monoisotopic (exact) mass is 427 g/mol. The van der Waals surface area contributed by atoms with Crippen LogP contribution in [0.4, 0.5) is 11.8 Å². The largest absolute Gasteiger partial charge is 0.480 e. The van der Waals surface area contributed by atoms with Crippen LogP contribution >= 0.6 is 0 Å². The van der Waals surface area contributed by atoms with E-state index in [2.05, 4.69) is 52.5 Å². The van der Waals surface area contributed by atoms with E-state index in [1.54, 1.807) is 0 Å². The molecule has 0 saturated carbocycles. The summed E-state index contributed by atoms with van der Waals surface area (Å²) >= 11 is 0. The van der Waals surface area contributed by atoms with Gasteiger partial charge in [0, 0.05) is 17.7 Å². The average Bonchev–Trinajstić information content (AvgIpc) is 2.78. The Kier molecular flexibility index (Phi) is 6.00. The standard InChI is InChI=1S/C25H25N5O2/c1-15(19-11-10-17-4-2-3-5-20(17)13-19)28-23-14-22(29-25(27)30-23)18-8-6-16(7-9-18)12-21(26)24(31)32/h2-11,13-15,21H,12,26H2,1H3,(H,31,32)(H3,27,28,29,30)/t15-,21?/m1/s1. The molecule has 4 rings (SSSR count). The molecule has 0 radical (unpaired) electrons. The Balaban J connectivity index is 1.53. The molecule has 0 aliphatic rings. The fourth-order valence-corrected chi connectivity index (χ4v) is 3.62. The summed E-state index contributed by atoms with van der Waals surface area (Å²) < 4.78 is 0. The van der Waals surface area contributed by atoms with Crippen molar-refractivity contribution in [3.05, 3.63) is 83.9 Å². The summed E-state index contributed by atoms with van der Waals surface area (Å²) in [4.78, 5) is 19.6. The van der Waals surface area contributed by atoms with Crippen molar-refractivity contribution in [3.63, 3.8) is 0 Å². The topological polar surface area (TPSA) is 127 Å². The Morgan fingerprint density at radius 2 is 1.72 bits per heavy atom. The first kappa shape index (κ1) is 21.3. The molecule has 0 spiro atoms. The van der Waals surface area contributed by atoms with Crippen LogP contribution in [-0.4, -0.2) is 27.1 Å². The molecule has 6 N–H and O–H groups in total. The van der Waals surface area contributed by atoms with Gasteiger partial charge in [-0.25, -0.2) is 4.98 Å². The molecule has 0 aliphatic carbocycles. The number of nitrogens with zero attached hydrogens (tertiary/aromatic N) is 2. The van der Waals surface area contributed by atoms with Crippen LogP contribution in [0, 0.1) is 0 Å². The van der Waals surface area contributed by atoms with Crippen molar-refractivity contribution in [2.24, 2.45) is 5.73 Å². The summed E-state index contributed by atoms with van der Waals surface area (Å²) in [6.45, 7) is 2.07. The lowest BCUT2D eigenvalue weighted by Gasteiger charge is -2.16. The lowest BCUT2D eigenvalue weighted by atomic mass is 10.0. The molecule has 4 aromatic rings. The highest BCUT2D eigenvalue weighted by molar-refractivity contribution is 5.83. The van der Waals surface area contributed by atoms with Crippen LogP contribution in [0.3, 0.4) is 0 Å². The molecule has 7 heteroatoms. The first-order chi connectivity index (χ1) is 15.4. The zero-order chi connectivity index (χ0) is 22.7. The number of rotatable bonds is 7. The summed E-state index contributed by atoms with van der Waals surface area (Å²) in [6.07, 6.45) is 0.262. The minimum atomic E-state index is -1.02. The molecule has 0 saturated heterocycles. The summed E-state index contributed by atoms with van der Waals surface area (Å²) in [5.41, 5.74) is 15.1. The maximum absolute atomic E-state index is 11.0. The molecule has 0 bridgehead atoms. The molecule has 0 fully saturated rings. The first-order valence-corrected chi connectivity index (χ1v) is 10.4. The van der Waals surface area contributed by atoms with E-state index in [9.17, 15) is 4.79 Å². The molecule has 0 amide bonds. The Hall–Kier alpha value is -3.97. The van der Waals surface area contributed by atoms with Gasteiger partial charge in [-0.15, -0.1) is 0 Å². The second kappa shape index (κ2) is 9.03. The van der Waals surface area contributed by atoms with E-state index in [0.29, 0.717) is 11.5 Å².